The van der Waals surface area contributed by atoms with Gasteiger partial charge in [-0.25, -0.2) is 0 Å². The molecule has 0 saturated carbocycles. The van der Waals surface area contributed by atoms with E-state index in [0.29, 0.717) is 6.61 Å². The van der Waals surface area contributed by atoms with Gasteiger partial charge in [-0.3, -0.25) is 4.79 Å². The summed E-state index contributed by atoms with van der Waals surface area (Å²) in [5, 5.41) is 4.62. The largest absolute Gasteiger partial charge is 0.457 e. The number of aromatic nitrogens is 3. The molecule has 0 aliphatic heterocycles. The number of aryl methyl sites for hydroxylation is 2. The van der Waals surface area contributed by atoms with Crippen molar-refractivity contribution >= 4 is 5.97 Å². The molecule has 0 N–H and O–H groups in total. The van der Waals surface area contributed by atoms with Crippen molar-refractivity contribution in [1.29, 1.82) is 0 Å². The van der Waals surface area contributed by atoms with Crippen LogP contribution in [0.5, 0.6) is 0 Å². The lowest BCUT2D eigenvalue weighted by Gasteiger charge is -2.02. The number of nitrogens with zero attached hydrogens (tertiary/aromatic N) is 3. The summed E-state index contributed by atoms with van der Waals surface area (Å²) in [6.07, 6.45) is 22.3. The second kappa shape index (κ2) is 17.5. The molecule has 0 amide bonds. The van der Waals surface area contributed by atoms with Crippen LogP contribution in [0.1, 0.15) is 123 Å². The fraction of sp³-hybridized carbons (Fsp3) is 0.875. The van der Waals surface area contributed by atoms with E-state index >= 15 is 0 Å². The van der Waals surface area contributed by atoms with Gasteiger partial charge in [0.05, 0.1) is 5.21 Å². The Kier molecular flexibility index (Phi) is 15.4. The Morgan fingerprint density at radius 3 is 1.86 bits per heavy atom. The first-order valence-corrected chi connectivity index (χ1v) is 12.3. The molecule has 0 atom stereocenters. The number of unbranched alkanes of at least 4 members (excludes halogenated alkanes) is 13. The molecule has 0 aliphatic rings. The van der Waals surface area contributed by atoms with Crippen LogP contribution in [-0.2, 0) is 29.2 Å². The number of esters is 1. The van der Waals surface area contributed by atoms with Gasteiger partial charge in [-0.1, -0.05) is 90.9 Å². The van der Waals surface area contributed by atoms with Crippen molar-refractivity contribution < 1.29 is 14.2 Å². The van der Waals surface area contributed by atoms with Gasteiger partial charge in [0.25, 0.3) is 0 Å². The Hall–Kier alpha value is -1.39. The molecule has 168 valence electrons. The zero-order valence-electron chi connectivity index (χ0n) is 19.5. The zero-order valence-corrected chi connectivity index (χ0v) is 19.5. The monoisotopic (exact) mass is 408 g/mol. The third-order valence-electron chi connectivity index (χ3n) is 5.45. The molecule has 0 aliphatic carbocycles. The van der Waals surface area contributed by atoms with Crippen LogP contribution >= 0.6 is 0 Å². The minimum Gasteiger partial charge on any atom is -0.457 e. The van der Waals surface area contributed by atoms with Crippen LogP contribution in [0.25, 0.3) is 0 Å². The van der Waals surface area contributed by atoms with E-state index in [9.17, 15) is 4.79 Å². The highest BCUT2D eigenvalue weighted by Crippen LogP contribution is 2.13. The Morgan fingerprint density at radius 2 is 1.38 bits per heavy atom. The standard InChI is InChI=1S/C24H46N3O2/c1-4-6-7-8-9-10-11-12-13-14-15-16-17-18-20-26-21-24(22-29-23(3)28)27(25-26)19-5-2/h21H,4-20,22H2,1-3H3/q+1. The SMILES string of the molecule is CCCCCCCCCCCCCCCC[n+]1cc(COC(C)=O)n(CCC)n1. The molecule has 1 aromatic rings. The summed E-state index contributed by atoms with van der Waals surface area (Å²) in [6.45, 7) is 7.99. The summed E-state index contributed by atoms with van der Waals surface area (Å²) >= 11 is 0. The highest BCUT2D eigenvalue weighted by atomic mass is 16.5. The molecule has 29 heavy (non-hydrogen) atoms. The molecule has 0 saturated heterocycles. The van der Waals surface area contributed by atoms with Gasteiger partial charge in [-0.15, -0.1) is 9.36 Å². The van der Waals surface area contributed by atoms with E-state index in [-0.39, 0.29) is 5.97 Å². The topological polar surface area (TPSA) is 48.0 Å². The third kappa shape index (κ3) is 13.5. The van der Waals surface area contributed by atoms with Gasteiger partial charge >= 0.3 is 5.97 Å². The van der Waals surface area contributed by atoms with E-state index in [1.165, 1.54) is 96.8 Å². The van der Waals surface area contributed by atoms with Crippen molar-refractivity contribution in [2.45, 2.75) is 137 Å². The van der Waals surface area contributed by atoms with E-state index in [1.54, 1.807) is 0 Å². The summed E-state index contributed by atoms with van der Waals surface area (Å²) in [5.41, 5.74) is 0.979. The van der Waals surface area contributed by atoms with Crippen molar-refractivity contribution in [2.24, 2.45) is 0 Å². The van der Waals surface area contributed by atoms with E-state index in [0.717, 1.165) is 25.2 Å². The van der Waals surface area contributed by atoms with Crippen LogP contribution in [-0.4, -0.2) is 15.9 Å². The molecule has 0 bridgehead atoms. The number of ether oxygens (including phenoxy) is 1. The van der Waals surface area contributed by atoms with Gasteiger partial charge in [0.15, 0.2) is 12.8 Å². The lowest BCUT2D eigenvalue weighted by atomic mass is 10.0. The average Bonchev–Trinajstić information content (AvgIpc) is 3.08. The lowest BCUT2D eigenvalue weighted by molar-refractivity contribution is -0.755. The fourth-order valence-corrected chi connectivity index (χ4v) is 3.73. The summed E-state index contributed by atoms with van der Waals surface area (Å²) in [5.74, 6) is -0.243. The van der Waals surface area contributed by atoms with Crippen LogP contribution in [0.15, 0.2) is 6.20 Å². The predicted octanol–water partition coefficient (Wildman–Crippen LogP) is 6.13. The average molecular weight is 409 g/mol. The number of carbonyl (C=O) groups excluding carboxylic acids is 1. The highest BCUT2D eigenvalue weighted by molar-refractivity contribution is 5.65. The Morgan fingerprint density at radius 1 is 0.862 bits per heavy atom. The van der Waals surface area contributed by atoms with Crippen LogP contribution in [0, 0.1) is 0 Å². The van der Waals surface area contributed by atoms with Crippen LogP contribution in [0.3, 0.4) is 0 Å². The number of hydrogen-bond donors (Lipinski definition) is 0. The molecule has 1 rings (SSSR count). The van der Waals surface area contributed by atoms with Crippen molar-refractivity contribution in [3.8, 4) is 0 Å². The van der Waals surface area contributed by atoms with Crippen molar-refractivity contribution in [3.05, 3.63) is 11.9 Å². The molecule has 0 unspecified atom stereocenters. The molecule has 1 aromatic heterocycles. The molecule has 0 radical (unpaired) electrons. The van der Waals surface area contributed by atoms with E-state index in [2.05, 4.69) is 19.1 Å². The second-order valence-corrected chi connectivity index (χ2v) is 8.37. The highest BCUT2D eigenvalue weighted by Gasteiger charge is 2.16. The minimum absolute atomic E-state index is 0.243. The maximum Gasteiger partial charge on any atom is 0.303 e. The summed E-state index contributed by atoms with van der Waals surface area (Å²) in [6, 6.07) is 0. The van der Waals surface area contributed by atoms with Gasteiger partial charge in [0.2, 0.25) is 5.69 Å². The van der Waals surface area contributed by atoms with Crippen molar-refractivity contribution in [1.82, 2.24) is 9.90 Å². The summed E-state index contributed by atoms with van der Waals surface area (Å²) in [4.78, 5) is 11.1. The second-order valence-electron chi connectivity index (χ2n) is 8.37. The Balaban J connectivity index is 2.03. The quantitative estimate of drug-likeness (QED) is 0.157. The first-order chi connectivity index (χ1) is 14.2. The number of rotatable bonds is 19. The van der Waals surface area contributed by atoms with Gasteiger partial charge in [0.1, 0.15) is 13.1 Å². The Bertz CT molecular complexity index is 528. The maximum absolute atomic E-state index is 11.1. The molecule has 1 heterocycles. The van der Waals surface area contributed by atoms with Crippen LogP contribution < -0.4 is 4.68 Å². The van der Waals surface area contributed by atoms with E-state index in [1.807, 2.05) is 15.6 Å². The van der Waals surface area contributed by atoms with Crippen LogP contribution in [0.2, 0.25) is 0 Å². The minimum atomic E-state index is -0.243. The molecule has 0 spiro atoms. The normalized spacial score (nSPS) is 11.1. The molecule has 0 fully saturated rings. The van der Waals surface area contributed by atoms with Crippen molar-refractivity contribution in [3.63, 3.8) is 0 Å². The lowest BCUT2D eigenvalue weighted by Crippen LogP contribution is -2.36. The smallest absolute Gasteiger partial charge is 0.303 e. The zero-order chi connectivity index (χ0) is 21.2. The first-order valence-electron chi connectivity index (χ1n) is 12.3. The first kappa shape index (κ1) is 25.6. The number of carbonyl (C=O) groups is 1. The van der Waals surface area contributed by atoms with E-state index < -0.39 is 0 Å². The molecular weight excluding hydrogens is 362 g/mol. The predicted molar refractivity (Wildman–Crippen MR) is 118 cm³/mol. The third-order valence-corrected chi connectivity index (χ3v) is 5.45. The van der Waals surface area contributed by atoms with Gasteiger partial charge in [-0.05, 0) is 19.3 Å². The molecule has 5 nitrogen and oxygen atoms in total. The van der Waals surface area contributed by atoms with Crippen LogP contribution in [0.4, 0.5) is 0 Å². The fourth-order valence-electron chi connectivity index (χ4n) is 3.73. The summed E-state index contributed by atoms with van der Waals surface area (Å²) in [7, 11) is 0. The van der Waals surface area contributed by atoms with Gasteiger partial charge in [-0.2, -0.15) is 0 Å². The van der Waals surface area contributed by atoms with Crippen molar-refractivity contribution in [2.75, 3.05) is 0 Å². The molecular formula is C24H46N3O2+. The Labute approximate surface area is 179 Å². The van der Waals surface area contributed by atoms with Gasteiger partial charge < -0.3 is 4.74 Å². The maximum atomic E-state index is 11.1. The molecule has 5 heteroatoms. The van der Waals surface area contributed by atoms with E-state index in [4.69, 9.17) is 4.74 Å². The molecule has 0 aromatic carbocycles. The number of hydrogen-bond acceptors (Lipinski definition) is 3. The van der Waals surface area contributed by atoms with Gasteiger partial charge in [0, 0.05) is 6.92 Å². The summed E-state index contributed by atoms with van der Waals surface area (Å²) < 4.78 is 9.12.